The first-order chi connectivity index (χ1) is 16.0. The van der Waals surface area contributed by atoms with Crippen molar-refractivity contribution in [3.63, 3.8) is 0 Å². The van der Waals surface area contributed by atoms with Gasteiger partial charge in [0.25, 0.3) is 0 Å². The van der Waals surface area contributed by atoms with Gasteiger partial charge in [0.2, 0.25) is 0 Å². The van der Waals surface area contributed by atoms with Gasteiger partial charge in [-0.3, -0.25) is 0 Å². The fraction of sp³-hybridized carbons (Fsp3) is 0.167. The molecule has 2 aromatic heterocycles. The van der Waals surface area contributed by atoms with Crippen LogP contribution in [-0.2, 0) is 64.4 Å². The van der Waals surface area contributed by atoms with Gasteiger partial charge in [0, 0.05) is 92.1 Å². The van der Waals surface area contributed by atoms with Gasteiger partial charge < -0.3 is 18.6 Å². The van der Waals surface area contributed by atoms with Crippen molar-refractivity contribution in [1.82, 2.24) is 9.13 Å². The quantitative estimate of drug-likeness (QED) is 0.255. The summed E-state index contributed by atoms with van der Waals surface area (Å²) in [6.45, 7) is 3.33. The molecule has 0 saturated carbocycles. The van der Waals surface area contributed by atoms with Crippen LogP contribution in [0.2, 0.25) is 0 Å². The van der Waals surface area contributed by atoms with Crippen molar-refractivity contribution in [2.75, 3.05) is 14.2 Å². The number of thiazole rings is 2. The van der Waals surface area contributed by atoms with Crippen LogP contribution in [0.5, 0.6) is 0 Å². The van der Waals surface area contributed by atoms with Crippen LogP contribution in [0, 0.1) is 18.3 Å². The van der Waals surface area contributed by atoms with E-state index in [1.54, 1.807) is 50.4 Å². The molecule has 35 heavy (non-hydrogen) atoms. The molecular weight excluding hydrogens is 832 g/mol. The van der Waals surface area contributed by atoms with E-state index in [2.05, 4.69) is 9.98 Å². The van der Waals surface area contributed by atoms with Crippen LogP contribution in [-0.4, -0.2) is 23.4 Å². The number of benzene rings is 2. The Bertz CT molecular complexity index is 1310. The van der Waals surface area contributed by atoms with Crippen molar-refractivity contribution in [3.8, 4) is 0 Å². The van der Waals surface area contributed by atoms with Crippen LogP contribution < -0.4 is 9.60 Å². The number of methoxy groups -OCH3 is 2. The van der Waals surface area contributed by atoms with Crippen LogP contribution >= 0.6 is 22.7 Å². The summed E-state index contributed by atoms with van der Waals surface area (Å²) in [5.41, 5.74) is 3.65. The predicted molar refractivity (Wildman–Crippen MR) is 131 cm³/mol. The van der Waals surface area contributed by atoms with Gasteiger partial charge in [-0.15, -0.1) is 35.6 Å². The first-order valence-corrected chi connectivity index (χ1v) is 11.6. The SMILES string of the molecule is CO[CH-]c1cccc(N=c2sc(F)cn2C)c1.CO[CH-]c1cccc(N=c2sccn2C)c1.[Re].[Re]. The van der Waals surface area contributed by atoms with Crippen LogP contribution in [0.25, 0.3) is 0 Å². The third kappa shape index (κ3) is 10.0. The van der Waals surface area contributed by atoms with Gasteiger partial charge in [-0.05, 0) is 0 Å². The van der Waals surface area contributed by atoms with E-state index >= 15 is 0 Å². The summed E-state index contributed by atoms with van der Waals surface area (Å²) in [7, 11) is 6.99. The number of rotatable bonds is 6. The van der Waals surface area contributed by atoms with E-state index in [-0.39, 0.29) is 46.0 Å². The predicted octanol–water partition coefficient (Wildman–Crippen LogP) is 5.08. The zero-order valence-corrected chi connectivity index (χ0v) is 26.6. The number of hydrogen-bond acceptors (Lipinski definition) is 6. The van der Waals surface area contributed by atoms with Crippen LogP contribution in [0.1, 0.15) is 11.1 Å². The summed E-state index contributed by atoms with van der Waals surface area (Å²) in [6, 6.07) is 15.5. The summed E-state index contributed by atoms with van der Waals surface area (Å²) >= 11 is 2.64. The Labute approximate surface area is 240 Å². The average molecular weight is 857 g/mol. The van der Waals surface area contributed by atoms with Crippen molar-refractivity contribution in [2.45, 2.75) is 0 Å². The van der Waals surface area contributed by atoms with E-state index in [0.717, 1.165) is 38.6 Å². The second-order valence-corrected chi connectivity index (χ2v) is 8.68. The monoisotopic (exact) mass is 858 g/mol. The minimum absolute atomic E-state index is 0. The molecule has 2 heterocycles. The Hall–Kier alpha value is -1.79. The number of halogens is 1. The third-order valence-corrected chi connectivity index (χ3v) is 5.95. The Morgan fingerprint density at radius 3 is 1.80 bits per heavy atom. The maximum atomic E-state index is 13.0. The zero-order valence-electron chi connectivity index (χ0n) is 19.6. The maximum absolute atomic E-state index is 13.0. The molecule has 4 rings (SSSR count). The minimum Gasteiger partial charge on any atom is -0.417 e. The Kier molecular flexibility index (Phi) is 14.3. The molecule has 0 amide bonds. The molecule has 0 atom stereocenters. The van der Waals surface area contributed by atoms with Gasteiger partial charge in [-0.1, -0.05) is 36.7 Å². The summed E-state index contributed by atoms with van der Waals surface area (Å²) < 4.78 is 26.6. The summed E-state index contributed by atoms with van der Waals surface area (Å²) in [6.07, 6.45) is 3.41. The topological polar surface area (TPSA) is 53.0 Å². The van der Waals surface area contributed by atoms with Crippen LogP contribution in [0.15, 0.2) is 76.3 Å². The molecule has 0 N–H and O–H groups in total. The van der Waals surface area contributed by atoms with E-state index in [0.29, 0.717) is 4.80 Å². The van der Waals surface area contributed by atoms with Gasteiger partial charge >= 0.3 is 0 Å². The Morgan fingerprint density at radius 1 is 0.829 bits per heavy atom. The van der Waals surface area contributed by atoms with Gasteiger partial charge in [-0.25, -0.2) is 9.98 Å². The molecule has 2 aromatic carbocycles. The van der Waals surface area contributed by atoms with Crippen LogP contribution in [0.4, 0.5) is 15.8 Å². The molecule has 188 valence electrons. The first kappa shape index (κ1) is 31.2. The molecule has 0 aliphatic heterocycles. The molecule has 0 unspecified atom stereocenters. The zero-order chi connectivity index (χ0) is 23.6. The largest absolute Gasteiger partial charge is 0.417 e. The fourth-order valence-corrected chi connectivity index (χ4v) is 4.24. The summed E-state index contributed by atoms with van der Waals surface area (Å²) in [4.78, 5) is 10.5. The second-order valence-electron chi connectivity index (χ2n) is 6.85. The van der Waals surface area contributed by atoms with E-state index in [1.165, 1.54) is 6.20 Å². The van der Waals surface area contributed by atoms with Crippen molar-refractivity contribution >= 4 is 34.0 Å². The summed E-state index contributed by atoms with van der Waals surface area (Å²) in [5.74, 6) is 0. The molecule has 6 nitrogen and oxygen atoms in total. The molecule has 0 saturated heterocycles. The molecule has 0 bridgehead atoms. The number of aromatic nitrogens is 2. The number of ether oxygens (including phenoxy) is 2. The van der Waals surface area contributed by atoms with Crippen molar-refractivity contribution in [3.05, 3.63) is 105 Å². The smallest absolute Gasteiger partial charge is 0.196 e. The molecule has 0 fully saturated rings. The first-order valence-electron chi connectivity index (χ1n) is 9.92. The van der Waals surface area contributed by atoms with E-state index in [9.17, 15) is 4.39 Å². The molecule has 11 heteroatoms. The normalized spacial score (nSPS) is 11.1. The molecule has 0 aliphatic carbocycles. The van der Waals surface area contributed by atoms with Crippen molar-refractivity contribution in [2.24, 2.45) is 24.1 Å². The molecule has 2 radical (unpaired) electrons. The van der Waals surface area contributed by atoms with E-state index in [1.807, 2.05) is 71.7 Å². The third-order valence-electron chi connectivity index (χ3n) is 4.24. The molecule has 4 aromatic rings. The Morgan fingerprint density at radius 2 is 1.37 bits per heavy atom. The molecular formula is C24H25FN4O2Re2S2-2. The van der Waals surface area contributed by atoms with Crippen LogP contribution in [0.3, 0.4) is 0 Å². The molecule has 0 spiro atoms. The Balaban J connectivity index is 0.000000332. The number of hydrogen-bond donors (Lipinski definition) is 0. The molecule has 0 aliphatic rings. The van der Waals surface area contributed by atoms with Gasteiger partial charge in [0.15, 0.2) is 14.7 Å². The minimum atomic E-state index is -0.245. The van der Waals surface area contributed by atoms with E-state index in [4.69, 9.17) is 9.47 Å². The van der Waals surface area contributed by atoms with Gasteiger partial charge in [0.05, 0.1) is 6.20 Å². The van der Waals surface area contributed by atoms with Crippen molar-refractivity contribution < 1.29 is 54.7 Å². The maximum Gasteiger partial charge on any atom is 0.196 e. The van der Waals surface area contributed by atoms with Gasteiger partial charge in [-0.2, -0.15) is 27.7 Å². The second kappa shape index (κ2) is 16.1. The summed E-state index contributed by atoms with van der Waals surface area (Å²) in [5, 5.41) is 1.77. The van der Waals surface area contributed by atoms with Gasteiger partial charge in [0.1, 0.15) is 0 Å². The number of aryl methyl sites for hydroxylation is 2. The average Bonchev–Trinajstić information content (AvgIpc) is 3.33. The van der Waals surface area contributed by atoms with E-state index < -0.39 is 0 Å². The fourth-order valence-electron chi connectivity index (χ4n) is 2.76. The standard InChI is InChI=1S/C12H12FN2OS.C12H13N2OS.2Re/c1-15-7-11(13)17-12(15)14-10-5-3-4-9(6-10)8-16-2;1-14-6-7-16-12(14)13-11-5-3-4-10(8-11)9-15-2;;/h3-8H,1-2H3;3-9H,1-2H3;;/q2*-1;;. The van der Waals surface area contributed by atoms with Crippen molar-refractivity contribution in [1.29, 1.82) is 0 Å². The number of nitrogens with zero attached hydrogens (tertiary/aromatic N) is 4.